The molecule has 0 spiro atoms. The molecule has 0 radical (unpaired) electrons. The number of nitrogens with zero attached hydrogens (tertiary/aromatic N) is 2. The highest BCUT2D eigenvalue weighted by Gasteiger charge is 2.47. The predicted molar refractivity (Wildman–Crippen MR) is 139 cm³/mol. The van der Waals surface area contributed by atoms with Gasteiger partial charge in [0.05, 0.1) is 17.7 Å². The Morgan fingerprint density at radius 3 is 2.20 bits per heavy atom. The first-order valence-corrected chi connectivity index (χ1v) is 11.6. The van der Waals surface area contributed by atoms with Gasteiger partial charge in [-0.05, 0) is 74.9 Å². The fourth-order valence-electron chi connectivity index (χ4n) is 4.28. The first-order chi connectivity index (χ1) is 16.7. The highest BCUT2D eigenvalue weighted by molar-refractivity contribution is 6.51. The van der Waals surface area contributed by atoms with Crippen LogP contribution in [-0.2, 0) is 9.59 Å². The number of carbonyl (C=O) groups is 2. The Bertz CT molecular complexity index is 1270. The molecule has 1 N–H and O–H groups in total. The number of aliphatic hydroxyl groups is 1. The molecule has 0 bridgehead atoms. The van der Waals surface area contributed by atoms with Crippen LogP contribution in [0.4, 0.5) is 11.4 Å². The van der Waals surface area contributed by atoms with Crippen molar-refractivity contribution in [3.63, 3.8) is 0 Å². The van der Waals surface area contributed by atoms with Crippen LogP contribution in [0.3, 0.4) is 0 Å². The zero-order valence-corrected chi connectivity index (χ0v) is 20.6. The number of carbonyl (C=O) groups excluding carboxylic acids is 2. The molecule has 6 nitrogen and oxygen atoms in total. The molecule has 1 saturated heterocycles. The quantitative estimate of drug-likeness (QED) is 0.294. The van der Waals surface area contributed by atoms with E-state index in [1.54, 1.807) is 24.3 Å². The zero-order valence-electron chi connectivity index (χ0n) is 20.6. The molecular formula is C29H30N2O4. The molecule has 1 unspecified atom stereocenters. The first-order valence-electron chi connectivity index (χ1n) is 11.6. The van der Waals surface area contributed by atoms with Gasteiger partial charge in [-0.2, -0.15) is 0 Å². The molecule has 1 heterocycles. The SMILES string of the molecule is Cc1cccc(C2/C(=C(/O)c3ccc(OC(C)C)cc3)C(=O)C(=O)N2c2ccc(N(C)C)cc2)c1. The summed E-state index contributed by atoms with van der Waals surface area (Å²) in [7, 11) is 3.87. The smallest absolute Gasteiger partial charge is 0.300 e. The molecule has 1 aliphatic rings. The molecule has 180 valence electrons. The predicted octanol–water partition coefficient (Wildman–Crippen LogP) is 5.47. The molecule has 1 amide bonds. The van der Waals surface area contributed by atoms with Gasteiger partial charge in [-0.3, -0.25) is 14.5 Å². The lowest BCUT2D eigenvalue weighted by atomic mass is 9.94. The van der Waals surface area contributed by atoms with Crippen molar-refractivity contribution < 1.29 is 19.4 Å². The normalized spacial score (nSPS) is 17.2. The van der Waals surface area contributed by atoms with Crippen molar-refractivity contribution in [3.05, 3.63) is 95.1 Å². The van der Waals surface area contributed by atoms with Crippen LogP contribution in [0.5, 0.6) is 5.75 Å². The number of rotatable bonds is 6. The summed E-state index contributed by atoms with van der Waals surface area (Å²) in [6.45, 7) is 5.82. The monoisotopic (exact) mass is 470 g/mol. The molecule has 3 aromatic rings. The second kappa shape index (κ2) is 9.66. The average molecular weight is 471 g/mol. The minimum absolute atomic E-state index is 0.0139. The Labute approximate surface area is 206 Å². The number of anilines is 2. The van der Waals surface area contributed by atoms with Gasteiger partial charge in [0.25, 0.3) is 11.7 Å². The lowest BCUT2D eigenvalue weighted by Gasteiger charge is -2.26. The van der Waals surface area contributed by atoms with Gasteiger partial charge in [-0.25, -0.2) is 0 Å². The van der Waals surface area contributed by atoms with Gasteiger partial charge in [0.1, 0.15) is 11.5 Å². The summed E-state index contributed by atoms with van der Waals surface area (Å²) < 4.78 is 5.69. The van der Waals surface area contributed by atoms with Crippen LogP contribution >= 0.6 is 0 Å². The average Bonchev–Trinajstić information content (AvgIpc) is 3.09. The first kappa shape index (κ1) is 24.1. The molecule has 4 rings (SSSR count). The number of aryl methyl sites for hydroxylation is 1. The number of Topliss-reactive ketones (excluding diaryl/α,β-unsaturated/α-hetero) is 1. The third-order valence-corrected chi connectivity index (χ3v) is 5.95. The molecule has 0 aliphatic carbocycles. The molecule has 0 aromatic heterocycles. The van der Waals surface area contributed by atoms with E-state index in [0.717, 1.165) is 16.8 Å². The highest BCUT2D eigenvalue weighted by atomic mass is 16.5. The van der Waals surface area contributed by atoms with Crippen LogP contribution in [0.25, 0.3) is 5.76 Å². The van der Waals surface area contributed by atoms with Crippen molar-refractivity contribution in [3.8, 4) is 5.75 Å². The number of benzene rings is 3. The Hall–Kier alpha value is -4.06. The van der Waals surface area contributed by atoms with Crippen molar-refractivity contribution >= 4 is 28.8 Å². The maximum Gasteiger partial charge on any atom is 0.300 e. The van der Waals surface area contributed by atoms with Gasteiger partial charge >= 0.3 is 0 Å². The molecule has 1 aliphatic heterocycles. The molecule has 3 aromatic carbocycles. The third-order valence-electron chi connectivity index (χ3n) is 5.95. The van der Waals surface area contributed by atoms with Crippen LogP contribution < -0.4 is 14.5 Å². The summed E-state index contributed by atoms with van der Waals surface area (Å²) in [5, 5.41) is 11.3. The number of aliphatic hydroxyl groups excluding tert-OH is 1. The van der Waals surface area contributed by atoms with Gasteiger partial charge in [0.15, 0.2) is 0 Å². The minimum Gasteiger partial charge on any atom is -0.507 e. The maximum atomic E-state index is 13.3. The van der Waals surface area contributed by atoms with Gasteiger partial charge in [-0.15, -0.1) is 0 Å². The lowest BCUT2D eigenvalue weighted by Crippen LogP contribution is -2.29. The third kappa shape index (κ3) is 4.78. The fraction of sp³-hybridized carbons (Fsp3) is 0.241. The van der Waals surface area contributed by atoms with E-state index < -0.39 is 17.7 Å². The van der Waals surface area contributed by atoms with E-state index in [4.69, 9.17) is 4.74 Å². The Morgan fingerprint density at radius 1 is 0.971 bits per heavy atom. The number of hydrogen-bond donors (Lipinski definition) is 1. The minimum atomic E-state index is -0.758. The van der Waals surface area contributed by atoms with Crippen LogP contribution in [0.15, 0.2) is 78.4 Å². The van der Waals surface area contributed by atoms with E-state index in [0.29, 0.717) is 17.0 Å². The van der Waals surface area contributed by atoms with Crippen molar-refractivity contribution in [2.75, 3.05) is 23.9 Å². The largest absolute Gasteiger partial charge is 0.507 e. The summed E-state index contributed by atoms with van der Waals surface area (Å²) in [5.74, 6) is -0.935. The summed E-state index contributed by atoms with van der Waals surface area (Å²) in [5.41, 5.74) is 3.81. The van der Waals surface area contributed by atoms with Crippen molar-refractivity contribution in [2.45, 2.75) is 32.9 Å². The van der Waals surface area contributed by atoms with Crippen LogP contribution in [-0.4, -0.2) is 37.0 Å². The van der Waals surface area contributed by atoms with Crippen LogP contribution in [0.1, 0.15) is 36.6 Å². The topological polar surface area (TPSA) is 70.1 Å². The Morgan fingerprint density at radius 2 is 1.63 bits per heavy atom. The van der Waals surface area contributed by atoms with E-state index >= 15 is 0 Å². The summed E-state index contributed by atoms with van der Waals surface area (Å²) in [4.78, 5) is 30.1. The molecule has 1 atom stereocenters. The van der Waals surface area contributed by atoms with E-state index in [9.17, 15) is 14.7 Å². The second-order valence-corrected chi connectivity index (χ2v) is 9.19. The maximum absolute atomic E-state index is 13.3. The molecule has 6 heteroatoms. The van der Waals surface area contributed by atoms with E-state index in [1.165, 1.54) is 4.90 Å². The second-order valence-electron chi connectivity index (χ2n) is 9.19. The van der Waals surface area contributed by atoms with Gasteiger partial charge in [0, 0.05) is 31.0 Å². The van der Waals surface area contributed by atoms with Gasteiger partial charge in [-0.1, -0.05) is 29.8 Å². The fourth-order valence-corrected chi connectivity index (χ4v) is 4.28. The van der Waals surface area contributed by atoms with Crippen molar-refractivity contribution in [2.24, 2.45) is 0 Å². The standard InChI is InChI=1S/C29H30N2O4/c1-18(2)35-24-15-9-20(10-16-24)27(32)25-26(21-8-6-7-19(3)17-21)31(29(34)28(25)33)23-13-11-22(12-14-23)30(4)5/h6-18,26,32H,1-5H3/b27-25-. The van der Waals surface area contributed by atoms with Gasteiger partial charge < -0.3 is 14.7 Å². The lowest BCUT2D eigenvalue weighted by molar-refractivity contribution is -0.132. The van der Waals surface area contributed by atoms with E-state index in [-0.39, 0.29) is 17.4 Å². The zero-order chi connectivity index (χ0) is 25.3. The number of ketones is 1. The molecule has 1 fully saturated rings. The van der Waals surface area contributed by atoms with E-state index in [2.05, 4.69) is 0 Å². The van der Waals surface area contributed by atoms with Gasteiger partial charge in [0.2, 0.25) is 0 Å². The summed E-state index contributed by atoms with van der Waals surface area (Å²) in [6.07, 6.45) is 0.0139. The van der Waals surface area contributed by atoms with E-state index in [1.807, 2.05) is 88.3 Å². The Balaban J connectivity index is 1.85. The molecular weight excluding hydrogens is 440 g/mol. The Kier molecular flexibility index (Phi) is 6.65. The number of hydrogen-bond acceptors (Lipinski definition) is 5. The summed E-state index contributed by atoms with van der Waals surface area (Å²) >= 11 is 0. The summed E-state index contributed by atoms with van der Waals surface area (Å²) in [6, 6.07) is 21.2. The van der Waals surface area contributed by atoms with Crippen molar-refractivity contribution in [1.29, 1.82) is 0 Å². The number of ether oxygens (including phenoxy) is 1. The highest BCUT2D eigenvalue weighted by Crippen LogP contribution is 2.42. The molecule has 35 heavy (non-hydrogen) atoms. The van der Waals surface area contributed by atoms with Crippen molar-refractivity contribution in [1.82, 2.24) is 0 Å². The van der Waals surface area contributed by atoms with Crippen LogP contribution in [0.2, 0.25) is 0 Å². The van der Waals surface area contributed by atoms with Crippen LogP contribution in [0, 0.1) is 6.92 Å². The molecule has 0 saturated carbocycles. The number of amides is 1.